The van der Waals surface area contributed by atoms with Gasteiger partial charge in [-0.3, -0.25) is 0 Å². The van der Waals surface area contributed by atoms with Crippen molar-refractivity contribution in [3.63, 3.8) is 0 Å². The first-order valence-electron chi connectivity index (χ1n) is 7.21. The highest BCUT2D eigenvalue weighted by Gasteiger charge is 2.24. The Morgan fingerprint density at radius 2 is 2.19 bits per heavy atom. The summed E-state index contributed by atoms with van der Waals surface area (Å²) < 4.78 is 4.79. The van der Waals surface area contributed by atoms with Crippen molar-refractivity contribution >= 4 is 22.8 Å². The van der Waals surface area contributed by atoms with E-state index in [1.807, 2.05) is 30.3 Å². The number of likely N-dealkylation sites (tertiary alicyclic amines) is 1. The number of anilines is 1. The monoisotopic (exact) mass is 285 g/mol. The van der Waals surface area contributed by atoms with Gasteiger partial charge in [-0.15, -0.1) is 0 Å². The van der Waals surface area contributed by atoms with Crippen molar-refractivity contribution in [2.45, 2.75) is 18.9 Å². The number of nitrogens with one attached hydrogen (secondary N) is 1. The Morgan fingerprint density at radius 1 is 1.33 bits per heavy atom. The number of nitrogens with zero attached hydrogens (tertiary/aromatic N) is 2. The summed E-state index contributed by atoms with van der Waals surface area (Å²) in [6.07, 6.45) is 1.75. The van der Waals surface area contributed by atoms with Crippen LogP contribution in [0.2, 0.25) is 0 Å². The Balaban J connectivity index is 1.71. The van der Waals surface area contributed by atoms with Crippen molar-refractivity contribution in [2.75, 3.05) is 25.5 Å². The second-order valence-electron chi connectivity index (χ2n) is 5.29. The summed E-state index contributed by atoms with van der Waals surface area (Å²) in [7, 11) is 1.42. The smallest absolute Gasteiger partial charge is 0.409 e. The van der Waals surface area contributed by atoms with Gasteiger partial charge in [-0.1, -0.05) is 18.2 Å². The summed E-state index contributed by atoms with van der Waals surface area (Å²) in [5, 5.41) is 4.55. The van der Waals surface area contributed by atoms with Crippen molar-refractivity contribution in [3.05, 3.63) is 36.4 Å². The lowest BCUT2D eigenvalue weighted by atomic mass is 10.1. The Hall–Kier alpha value is -2.30. The van der Waals surface area contributed by atoms with Crippen molar-refractivity contribution in [1.29, 1.82) is 0 Å². The topological polar surface area (TPSA) is 54.5 Å². The van der Waals surface area contributed by atoms with Crippen LogP contribution in [0, 0.1) is 0 Å². The first-order valence-corrected chi connectivity index (χ1v) is 7.21. The lowest BCUT2D eigenvalue weighted by Gasteiger charge is -2.32. The van der Waals surface area contributed by atoms with Crippen molar-refractivity contribution in [3.8, 4) is 0 Å². The molecule has 5 heteroatoms. The molecule has 1 aromatic heterocycles. The highest BCUT2D eigenvalue weighted by Crippen LogP contribution is 2.18. The van der Waals surface area contributed by atoms with Gasteiger partial charge in [0, 0.05) is 24.5 Å². The van der Waals surface area contributed by atoms with E-state index in [0.29, 0.717) is 6.54 Å². The Kier molecular flexibility index (Phi) is 3.90. The van der Waals surface area contributed by atoms with E-state index >= 15 is 0 Å². The number of carbonyl (C=O) groups is 1. The van der Waals surface area contributed by atoms with Crippen LogP contribution in [0.5, 0.6) is 0 Å². The van der Waals surface area contributed by atoms with E-state index in [2.05, 4.69) is 16.4 Å². The van der Waals surface area contributed by atoms with E-state index in [1.165, 1.54) is 7.11 Å². The minimum absolute atomic E-state index is 0.214. The Bertz CT molecular complexity index is 644. The fourth-order valence-electron chi connectivity index (χ4n) is 2.75. The molecule has 2 aromatic rings. The maximum Gasteiger partial charge on any atom is 0.409 e. The number of amides is 1. The number of carbonyl (C=O) groups excluding carboxylic acids is 1. The van der Waals surface area contributed by atoms with Crippen LogP contribution in [0.4, 0.5) is 10.6 Å². The van der Waals surface area contributed by atoms with Crippen LogP contribution in [0.3, 0.4) is 0 Å². The van der Waals surface area contributed by atoms with Crippen LogP contribution in [0.1, 0.15) is 12.8 Å². The summed E-state index contributed by atoms with van der Waals surface area (Å²) in [6.45, 7) is 1.41. The van der Waals surface area contributed by atoms with E-state index in [1.54, 1.807) is 4.90 Å². The molecule has 3 rings (SSSR count). The third-order valence-corrected chi connectivity index (χ3v) is 3.80. The van der Waals surface area contributed by atoms with Gasteiger partial charge in [0.15, 0.2) is 0 Å². The van der Waals surface area contributed by atoms with Crippen molar-refractivity contribution < 1.29 is 9.53 Å². The molecule has 0 spiro atoms. The molecular formula is C16H19N3O2. The van der Waals surface area contributed by atoms with Crippen LogP contribution in [-0.2, 0) is 4.74 Å². The number of aromatic nitrogens is 1. The Labute approximate surface area is 123 Å². The maximum atomic E-state index is 11.6. The molecule has 5 nitrogen and oxygen atoms in total. The fraction of sp³-hybridized carbons (Fsp3) is 0.375. The molecule has 1 aliphatic heterocycles. The summed E-state index contributed by atoms with van der Waals surface area (Å²) in [5.41, 5.74) is 0.975. The minimum Gasteiger partial charge on any atom is -0.453 e. The molecule has 21 heavy (non-hydrogen) atoms. The highest BCUT2D eigenvalue weighted by molar-refractivity contribution is 5.80. The zero-order chi connectivity index (χ0) is 14.7. The van der Waals surface area contributed by atoms with Crippen molar-refractivity contribution in [1.82, 2.24) is 9.88 Å². The number of para-hydroxylation sites is 1. The quantitative estimate of drug-likeness (QED) is 0.922. The number of benzene rings is 1. The number of ether oxygens (including phenoxy) is 1. The van der Waals surface area contributed by atoms with E-state index in [4.69, 9.17) is 4.74 Å². The number of piperidine rings is 1. The maximum absolute atomic E-state index is 11.6. The molecule has 1 fully saturated rings. The molecule has 110 valence electrons. The fourth-order valence-corrected chi connectivity index (χ4v) is 2.75. The summed E-state index contributed by atoms with van der Waals surface area (Å²) in [4.78, 5) is 18.0. The van der Waals surface area contributed by atoms with Crippen LogP contribution < -0.4 is 5.32 Å². The third kappa shape index (κ3) is 3.07. The van der Waals surface area contributed by atoms with Crippen LogP contribution >= 0.6 is 0 Å². The van der Waals surface area contributed by atoms with Gasteiger partial charge in [-0.25, -0.2) is 9.78 Å². The van der Waals surface area contributed by atoms with E-state index < -0.39 is 0 Å². The van der Waals surface area contributed by atoms with Gasteiger partial charge >= 0.3 is 6.09 Å². The lowest BCUT2D eigenvalue weighted by Crippen LogP contribution is -2.45. The van der Waals surface area contributed by atoms with Crippen molar-refractivity contribution in [2.24, 2.45) is 0 Å². The average Bonchev–Trinajstić information content (AvgIpc) is 2.54. The van der Waals surface area contributed by atoms with Crippen LogP contribution in [-0.4, -0.2) is 42.2 Å². The average molecular weight is 285 g/mol. The number of fused-ring (bicyclic) bond motifs is 1. The standard InChI is InChI=1S/C16H19N3O2/c1-21-16(20)19-10-4-6-13(11-19)17-15-9-8-12-5-2-3-7-14(12)18-15/h2-3,5,7-9,13H,4,6,10-11H2,1H3,(H,17,18). The molecule has 1 saturated heterocycles. The minimum atomic E-state index is -0.257. The second kappa shape index (κ2) is 5.99. The zero-order valence-electron chi connectivity index (χ0n) is 12.1. The van der Waals surface area contributed by atoms with E-state index in [-0.39, 0.29) is 12.1 Å². The van der Waals surface area contributed by atoms with Gasteiger partial charge in [0.1, 0.15) is 5.82 Å². The molecule has 0 saturated carbocycles. The summed E-state index contributed by atoms with van der Waals surface area (Å²) in [6, 6.07) is 12.3. The van der Waals surface area contributed by atoms with Crippen LogP contribution in [0.25, 0.3) is 10.9 Å². The molecule has 1 aromatic carbocycles. The van der Waals surface area contributed by atoms with Gasteiger partial charge in [0.25, 0.3) is 0 Å². The molecule has 2 heterocycles. The largest absolute Gasteiger partial charge is 0.453 e. The molecule has 1 amide bonds. The molecule has 1 aliphatic rings. The molecular weight excluding hydrogens is 266 g/mol. The molecule has 0 aliphatic carbocycles. The highest BCUT2D eigenvalue weighted by atomic mass is 16.5. The molecule has 0 radical (unpaired) electrons. The predicted molar refractivity (Wildman–Crippen MR) is 82.4 cm³/mol. The Morgan fingerprint density at radius 3 is 3.05 bits per heavy atom. The predicted octanol–water partition coefficient (Wildman–Crippen LogP) is 2.88. The first-order chi connectivity index (χ1) is 10.3. The van der Waals surface area contributed by atoms with Crippen LogP contribution in [0.15, 0.2) is 36.4 Å². The number of methoxy groups -OCH3 is 1. The molecule has 1 unspecified atom stereocenters. The third-order valence-electron chi connectivity index (χ3n) is 3.80. The van der Waals surface area contributed by atoms with E-state index in [0.717, 1.165) is 36.1 Å². The van der Waals surface area contributed by atoms with Gasteiger partial charge < -0.3 is 15.0 Å². The second-order valence-corrected chi connectivity index (χ2v) is 5.29. The number of pyridine rings is 1. The van der Waals surface area contributed by atoms with Gasteiger partial charge in [0.05, 0.1) is 12.6 Å². The van der Waals surface area contributed by atoms with E-state index in [9.17, 15) is 4.79 Å². The van der Waals surface area contributed by atoms with Gasteiger partial charge in [-0.05, 0) is 31.0 Å². The lowest BCUT2D eigenvalue weighted by molar-refractivity contribution is 0.113. The van der Waals surface area contributed by atoms with Gasteiger partial charge in [0.2, 0.25) is 0 Å². The molecule has 1 N–H and O–H groups in total. The SMILES string of the molecule is COC(=O)N1CCCC(Nc2ccc3ccccc3n2)C1. The first kappa shape index (κ1) is 13.7. The molecule has 0 bridgehead atoms. The van der Waals surface area contributed by atoms with Gasteiger partial charge in [-0.2, -0.15) is 0 Å². The number of hydrogen-bond donors (Lipinski definition) is 1. The summed E-state index contributed by atoms with van der Waals surface area (Å²) in [5.74, 6) is 0.852. The normalized spacial score (nSPS) is 18.5. The number of hydrogen-bond acceptors (Lipinski definition) is 4. The summed E-state index contributed by atoms with van der Waals surface area (Å²) >= 11 is 0. The zero-order valence-corrected chi connectivity index (χ0v) is 12.1. The molecule has 1 atom stereocenters. The number of rotatable bonds is 2.